The minimum absolute atomic E-state index is 0. The van der Waals surface area contributed by atoms with E-state index in [1.54, 1.807) is 6.20 Å². The summed E-state index contributed by atoms with van der Waals surface area (Å²) in [6.45, 7) is 3.36. The summed E-state index contributed by atoms with van der Waals surface area (Å²) >= 11 is 0. The SMILES string of the molecule is CC(=O)/C=C(/C)O.[Ir].[Y].[c-]1ccccc1-c1[c-]c[c-]c2c1COc1cccnc1-2. The van der Waals surface area contributed by atoms with Crippen molar-refractivity contribution >= 4 is 5.78 Å². The van der Waals surface area contributed by atoms with E-state index >= 15 is 0 Å². The van der Waals surface area contributed by atoms with Gasteiger partial charge >= 0.3 is 0 Å². The first kappa shape index (κ1) is 25.4. The van der Waals surface area contributed by atoms with Crippen LogP contribution in [0.3, 0.4) is 0 Å². The average Bonchev–Trinajstić information content (AvgIpc) is 2.67. The Kier molecular flexibility index (Phi) is 10.6. The topological polar surface area (TPSA) is 59.4 Å². The van der Waals surface area contributed by atoms with Crippen molar-refractivity contribution < 1.29 is 67.5 Å². The molecular weight excluding hydrogens is 619 g/mol. The number of aromatic nitrogens is 1. The van der Waals surface area contributed by atoms with Crippen LogP contribution in [0.25, 0.3) is 22.4 Å². The number of carbonyl (C=O) groups is 1. The molecule has 4 rings (SSSR count). The van der Waals surface area contributed by atoms with Gasteiger partial charge in [-0.05, 0) is 26.0 Å². The van der Waals surface area contributed by atoms with E-state index in [1.807, 2.05) is 42.5 Å². The third-order valence-corrected chi connectivity index (χ3v) is 3.81. The van der Waals surface area contributed by atoms with Gasteiger partial charge in [-0.15, -0.1) is 6.07 Å². The van der Waals surface area contributed by atoms with Crippen molar-refractivity contribution in [3.63, 3.8) is 0 Å². The smallest absolute Gasteiger partial charge is 0.155 e. The molecule has 0 saturated carbocycles. The van der Waals surface area contributed by atoms with E-state index in [2.05, 4.69) is 23.2 Å². The van der Waals surface area contributed by atoms with Gasteiger partial charge in [0, 0.05) is 71.7 Å². The standard InChI is InChI=1S/C18H10NO.C5H8O2.Ir.Y/c1-2-6-13(7-3-1)14-8-4-9-15-16(14)12-20-17-10-5-11-19-18(15)17;1-4(6)3-5(2)7;;/h1-6,10-11H,12H2;3,6H,1-2H3;;/q-3;;;/b;4-3-;;. The molecule has 29 heavy (non-hydrogen) atoms. The molecule has 2 radical (unpaired) electrons. The van der Waals surface area contributed by atoms with Gasteiger partial charge in [0.1, 0.15) is 5.75 Å². The average molecular weight is 638 g/mol. The molecule has 0 bridgehead atoms. The number of benzene rings is 2. The largest absolute Gasteiger partial charge is 0.512 e. The molecule has 0 spiro atoms. The fourth-order valence-electron chi connectivity index (χ4n) is 2.76. The molecule has 0 fully saturated rings. The Labute approximate surface area is 209 Å². The Balaban J connectivity index is 0.000000410. The summed E-state index contributed by atoms with van der Waals surface area (Å²) < 4.78 is 5.80. The molecule has 0 aliphatic carbocycles. The van der Waals surface area contributed by atoms with E-state index in [-0.39, 0.29) is 64.4 Å². The number of aliphatic hydroxyl groups is 1. The zero-order valence-electron chi connectivity index (χ0n) is 16.0. The van der Waals surface area contributed by atoms with Crippen LogP contribution in [0, 0.1) is 18.2 Å². The van der Waals surface area contributed by atoms with Gasteiger partial charge in [0.2, 0.25) is 0 Å². The van der Waals surface area contributed by atoms with Crippen LogP contribution < -0.4 is 4.74 Å². The number of aliphatic hydroxyl groups excluding tert-OH is 1. The molecular formula is C23H18IrNO3Y-3. The Bertz CT molecular complexity index is 972. The second-order valence-electron chi connectivity index (χ2n) is 5.97. The molecule has 2 aromatic carbocycles. The summed E-state index contributed by atoms with van der Waals surface area (Å²) in [5.41, 5.74) is 4.94. The van der Waals surface area contributed by atoms with Gasteiger partial charge in [0.25, 0.3) is 0 Å². The molecule has 2 heterocycles. The number of fused-ring (bicyclic) bond motifs is 3. The number of carbonyl (C=O) groups excluding carboxylic acids is 1. The predicted molar refractivity (Wildman–Crippen MR) is 103 cm³/mol. The van der Waals surface area contributed by atoms with E-state index in [0.29, 0.717) is 6.61 Å². The van der Waals surface area contributed by atoms with Crippen molar-refractivity contribution in [1.29, 1.82) is 0 Å². The number of nitrogens with zero attached hydrogens (tertiary/aromatic N) is 1. The Morgan fingerprint density at radius 1 is 1.14 bits per heavy atom. The Morgan fingerprint density at radius 3 is 2.52 bits per heavy atom. The maximum absolute atomic E-state index is 10.0. The molecule has 0 atom stereocenters. The summed E-state index contributed by atoms with van der Waals surface area (Å²) in [7, 11) is 0. The maximum Gasteiger partial charge on any atom is 0.155 e. The van der Waals surface area contributed by atoms with Crippen LogP contribution in [-0.4, -0.2) is 15.9 Å². The molecule has 148 valence electrons. The first-order valence-corrected chi connectivity index (χ1v) is 8.44. The van der Waals surface area contributed by atoms with Crippen LogP contribution in [0.5, 0.6) is 5.75 Å². The summed E-state index contributed by atoms with van der Waals surface area (Å²) in [5, 5.41) is 8.36. The van der Waals surface area contributed by atoms with Crippen LogP contribution in [0.2, 0.25) is 0 Å². The number of hydrogen-bond acceptors (Lipinski definition) is 4. The van der Waals surface area contributed by atoms with Crippen molar-refractivity contribution in [3.8, 4) is 28.1 Å². The van der Waals surface area contributed by atoms with Crippen molar-refractivity contribution in [3.05, 3.63) is 84.3 Å². The number of ether oxygens (including phenoxy) is 1. The van der Waals surface area contributed by atoms with Gasteiger partial charge in [-0.3, -0.25) is 21.9 Å². The van der Waals surface area contributed by atoms with E-state index in [0.717, 1.165) is 33.7 Å². The predicted octanol–water partition coefficient (Wildman–Crippen LogP) is 4.74. The number of rotatable bonds is 2. The Hall–Kier alpha value is -1.65. The molecule has 4 nitrogen and oxygen atoms in total. The van der Waals surface area contributed by atoms with Gasteiger partial charge in [0.15, 0.2) is 5.78 Å². The van der Waals surface area contributed by atoms with Gasteiger partial charge in [-0.25, -0.2) is 17.7 Å². The zero-order chi connectivity index (χ0) is 19.2. The number of hydrogen-bond donors (Lipinski definition) is 1. The molecule has 0 saturated heterocycles. The fraction of sp³-hybridized carbons (Fsp3) is 0.130. The normalized spacial score (nSPS) is 11.2. The molecule has 1 aliphatic rings. The van der Waals surface area contributed by atoms with Crippen LogP contribution >= 0.6 is 0 Å². The van der Waals surface area contributed by atoms with E-state index in [4.69, 9.17) is 9.84 Å². The monoisotopic (exact) mass is 638 g/mol. The van der Waals surface area contributed by atoms with Crippen LogP contribution in [0.15, 0.2) is 60.5 Å². The first-order chi connectivity index (χ1) is 13.1. The second-order valence-corrected chi connectivity index (χ2v) is 5.97. The molecule has 1 N–H and O–H groups in total. The van der Waals surface area contributed by atoms with Crippen molar-refractivity contribution in [1.82, 2.24) is 4.98 Å². The minimum atomic E-state index is -0.125. The summed E-state index contributed by atoms with van der Waals surface area (Å²) in [6.07, 6.45) is 2.94. The summed E-state index contributed by atoms with van der Waals surface area (Å²) in [6, 6.07) is 23.3. The maximum atomic E-state index is 10.0. The molecule has 0 unspecified atom stereocenters. The van der Waals surface area contributed by atoms with E-state index < -0.39 is 0 Å². The van der Waals surface area contributed by atoms with Crippen LogP contribution in [-0.2, 0) is 64.2 Å². The number of pyridine rings is 1. The van der Waals surface area contributed by atoms with Crippen molar-refractivity contribution in [2.24, 2.45) is 0 Å². The third kappa shape index (κ3) is 6.68. The zero-order valence-corrected chi connectivity index (χ0v) is 21.3. The van der Waals surface area contributed by atoms with Crippen molar-refractivity contribution in [2.75, 3.05) is 0 Å². The number of ketones is 1. The molecule has 0 amide bonds. The summed E-state index contributed by atoms with van der Waals surface area (Å²) in [5.74, 6) is 0.748. The van der Waals surface area contributed by atoms with Gasteiger partial charge < -0.3 is 27.0 Å². The fourth-order valence-corrected chi connectivity index (χ4v) is 2.76. The first-order valence-electron chi connectivity index (χ1n) is 8.44. The molecule has 3 aromatic rings. The number of allylic oxidation sites excluding steroid dienone is 2. The van der Waals surface area contributed by atoms with Crippen LogP contribution in [0.4, 0.5) is 0 Å². The van der Waals surface area contributed by atoms with Gasteiger partial charge in [-0.2, -0.15) is 17.7 Å². The molecule has 1 aromatic heterocycles. The molecule has 1 aliphatic heterocycles. The van der Waals surface area contributed by atoms with Gasteiger partial charge in [0.05, 0.1) is 11.5 Å². The van der Waals surface area contributed by atoms with Crippen molar-refractivity contribution in [2.45, 2.75) is 20.5 Å². The van der Waals surface area contributed by atoms with Gasteiger partial charge in [-0.1, -0.05) is 0 Å². The van der Waals surface area contributed by atoms with Crippen LogP contribution in [0.1, 0.15) is 19.4 Å². The minimum Gasteiger partial charge on any atom is -0.512 e. The summed E-state index contributed by atoms with van der Waals surface area (Å²) in [4.78, 5) is 14.4. The quantitative estimate of drug-likeness (QED) is 0.251. The van der Waals surface area contributed by atoms with E-state index in [9.17, 15) is 4.79 Å². The third-order valence-electron chi connectivity index (χ3n) is 3.81. The Morgan fingerprint density at radius 2 is 1.90 bits per heavy atom. The van der Waals surface area contributed by atoms with E-state index in [1.165, 1.54) is 19.9 Å². The second kappa shape index (κ2) is 12.1. The molecule has 6 heteroatoms.